The molecule has 0 aliphatic rings. The molecule has 1 aromatic rings. The molecule has 1 rings (SSSR count). The van der Waals surface area contributed by atoms with Gasteiger partial charge in [0.05, 0.1) is 12.2 Å². The number of rotatable bonds is 7. The van der Waals surface area contributed by atoms with Crippen molar-refractivity contribution in [3.63, 3.8) is 0 Å². The highest BCUT2D eigenvalue weighted by Gasteiger charge is 2.10. The van der Waals surface area contributed by atoms with E-state index < -0.39 is 0 Å². The maximum atomic E-state index is 11.6. The van der Waals surface area contributed by atoms with Crippen LogP contribution in [0.4, 0.5) is 5.69 Å². The van der Waals surface area contributed by atoms with E-state index in [2.05, 4.69) is 52.5 Å². The van der Waals surface area contributed by atoms with Crippen LogP contribution in [0.15, 0.2) is 22.7 Å². The molecule has 112 valence electrons. The monoisotopic (exact) mass is 341 g/mol. The topological polar surface area (TPSA) is 44.4 Å². The molecule has 2 N–H and O–H groups in total. The van der Waals surface area contributed by atoms with Gasteiger partial charge in [-0.05, 0) is 40.5 Å². The van der Waals surface area contributed by atoms with E-state index in [0.717, 1.165) is 16.7 Å². The second-order valence-electron chi connectivity index (χ2n) is 5.13. The van der Waals surface area contributed by atoms with Crippen molar-refractivity contribution < 1.29 is 4.79 Å². The number of carbonyl (C=O) groups is 1. The molecule has 4 nitrogen and oxygen atoms in total. The Balaban J connectivity index is 2.69. The van der Waals surface area contributed by atoms with Crippen LogP contribution in [0, 0.1) is 0 Å². The third-order valence-corrected chi connectivity index (χ3v) is 3.53. The number of amides is 1. The van der Waals surface area contributed by atoms with Gasteiger partial charge < -0.3 is 15.5 Å². The van der Waals surface area contributed by atoms with Gasteiger partial charge in [-0.25, -0.2) is 0 Å². The molecule has 0 saturated heterocycles. The highest BCUT2D eigenvalue weighted by molar-refractivity contribution is 9.10. The van der Waals surface area contributed by atoms with Gasteiger partial charge in [-0.1, -0.05) is 19.9 Å². The molecule has 0 unspecified atom stereocenters. The largest absolute Gasteiger partial charge is 0.364 e. The van der Waals surface area contributed by atoms with E-state index >= 15 is 0 Å². The second-order valence-corrected chi connectivity index (χ2v) is 5.99. The zero-order chi connectivity index (χ0) is 15.1. The Hall–Kier alpha value is -1.07. The van der Waals surface area contributed by atoms with Crippen LogP contribution >= 0.6 is 15.9 Å². The summed E-state index contributed by atoms with van der Waals surface area (Å²) < 4.78 is 1.01. The molecule has 0 atom stereocenters. The van der Waals surface area contributed by atoms with Gasteiger partial charge in [0.2, 0.25) is 5.91 Å². The van der Waals surface area contributed by atoms with Crippen molar-refractivity contribution in [1.82, 2.24) is 10.6 Å². The Morgan fingerprint density at radius 3 is 2.65 bits per heavy atom. The van der Waals surface area contributed by atoms with E-state index in [1.807, 2.05) is 24.9 Å². The van der Waals surface area contributed by atoms with Gasteiger partial charge in [0.25, 0.3) is 0 Å². The lowest BCUT2D eigenvalue weighted by atomic mass is 10.2. The zero-order valence-electron chi connectivity index (χ0n) is 12.7. The van der Waals surface area contributed by atoms with Crippen molar-refractivity contribution in [2.75, 3.05) is 25.0 Å². The molecule has 1 amide bonds. The molecular weight excluding hydrogens is 318 g/mol. The lowest BCUT2D eigenvalue weighted by Gasteiger charge is -2.21. The van der Waals surface area contributed by atoms with Gasteiger partial charge in [0, 0.05) is 30.7 Å². The smallest absolute Gasteiger partial charge is 0.239 e. The van der Waals surface area contributed by atoms with Crippen LogP contribution in [0.1, 0.15) is 26.3 Å². The predicted octanol–water partition coefficient (Wildman–Crippen LogP) is 2.52. The van der Waals surface area contributed by atoms with Crippen LogP contribution in [0.3, 0.4) is 0 Å². The third-order valence-electron chi connectivity index (χ3n) is 2.89. The molecule has 0 aromatic heterocycles. The van der Waals surface area contributed by atoms with Gasteiger partial charge in [0.15, 0.2) is 0 Å². The fourth-order valence-corrected chi connectivity index (χ4v) is 2.57. The van der Waals surface area contributed by atoms with Crippen molar-refractivity contribution in [3.05, 3.63) is 28.2 Å². The molecule has 5 heteroatoms. The molecule has 0 aliphatic heterocycles. The summed E-state index contributed by atoms with van der Waals surface area (Å²) in [6, 6.07) is 6.69. The molecule has 20 heavy (non-hydrogen) atoms. The first kappa shape index (κ1) is 17.0. The summed E-state index contributed by atoms with van der Waals surface area (Å²) in [7, 11) is 1.92. The number of halogens is 1. The van der Waals surface area contributed by atoms with Crippen molar-refractivity contribution in [2.24, 2.45) is 0 Å². The molecule has 0 radical (unpaired) electrons. The fraction of sp³-hybridized carbons (Fsp3) is 0.533. The minimum atomic E-state index is 0.0347. The average molecular weight is 342 g/mol. The number of anilines is 1. The van der Waals surface area contributed by atoms with Gasteiger partial charge >= 0.3 is 0 Å². The van der Waals surface area contributed by atoms with Crippen molar-refractivity contribution in [3.8, 4) is 0 Å². The molecule has 1 aromatic carbocycles. The van der Waals surface area contributed by atoms with Crippen molar-refractivity contribution >= 4 is 27.5 Å². The van der Waals surface area contributed by atoms with Gasteiger partial charge in [-0.2, -0.15) is 0 Å². The van der Waals surface area contributed by atoms with Gasteiger partial charge in [-0.3, -0.25) is 4.79 Å². The molecule has 0 aliphatic carbocycles. The summed E-state index contributed by atoms with van der Waals surface area (Å²) in [5.74, 6) is 0.0347. The maximum absolute atomic E-state index is 11.6. The van der Waals surface area contributed by atoms with Crippen LogP contribution in [0.25, 0.3) is 0 Å². The average Bonchev–Trinajstić information content (AvgIpc) is 2.36. The quantitative estimate of drug-likeness (QED) is 0.800. The minimum Gasteiger partial charge on any atom is -0.364 e. The van der Waals surface area contributed by atoms with E-state index in [0.29, 0.717) is 19.1 Å². The molecule has 0 spiro atoms. The summed E-state index contributed by atoms with van der Waals surface area (Å²) >= 11 is 3.58. The summed E-state index contributed by atoms with van der Waals surface area (Å²) in [6.07, 6.45) is 0. The van der Waals surface area contributed by atoms with E-state index in [4.69, 9.17) is 0 Å². The zero-order valence-corrected chi connectivity index (χ0v) is 14.3. The van der Waals surface area contributed by atoms with Crippen LogP contribution in [-0.2, 0) is 11.3 Å². The standard InChI is InChI=1S/C15H24BrN3O/c1-5-17-15(20)10-19(4)14-7-6-12(8-13(14)16)9-18-11(2)3/h6-8,11,18H,5,9-10H2,1-4H3,(H,17,20). The number of benzene rings is 1. The van der Waals surface area contributed by atoms with Crippen LogP contribution in [0.5, 0.6) is 0 Å². The van der Waals surface area contributed by atoms with Crippen molar-refractivity contribution in [1.29, 1.82) is 0 Å². The van der Waals surface area contributed by atoms with Crippen LogP contribution in [0.2, 0.25) is 0 Å². The van der Waals surface area contributed by atoms with Crippen molar-refractivity contribution in [2.45, 2.75) is 33.4 Å². The normalized spacial score (nSPS) is 10.7. The highest BCUT2D eigenvalue weighted by Crippen LogP contribution is 2.26. The Kier molecular flexibility index (Phi) is 7.02. The molecule has 0 heterocycles. The van der Waals surface area contributed by atoms with Gasteiger partial charge in [-0.15, -0.1) is 0 Å². The number of nitrogens with zero attached hydrogens (tertiary/aromatic N) is 1. The molecule has 0 bridgehead atoms. The summed E-state index contributed by atoms with van der Waals surface area (Å²) in [4.78, 5) is 13.5. The lowest BCUT2D eigenvalue weighted by molar-refractivity contribution is -0.119. The van der Waals surface area contributed by atoms with E-state index in [1.54, 1.807) is 0 Å². The Morgan fingerprint density at radius 1 is 1.40 bits per heavy atom. The van der Waals surface area contributed by atoms with Crippen LogP contribution in [-0.4, -0.2) is 32.1 Å². The number of hydrogen-bond donors (Lipinski definition) is 2. The number of nitrogens with one attached hydrogen (secondary N) is 2. The summed E-state index contributed by atoms with van der Waals surface area (Å²) in [5, 5.41) is 6.19. The number of hydrogen-bond acceptors (Lipinski definition) is 3. The minimum absolute atomic E-state index is 0.0347. The predicted molar refractivity (Wildman–Crippen MR) is 88.1 cm³/mol. The number of carbonyl (C=O) groups excluding carboxylic acids is 1. The molecule has 0 fully saturated rings. The Bertz CT molecular complexity index is 449. The third kappa shape index (κ3) is 5.51. The first-order valence-electron chi connectivity index (χ1n) is 6.93. The fourth-order valence-electron chi connectivity index (χ4n) is 1.85. The summed E-state index contributed by atoms with van der Waals surface area (Å²) in [6.45, 7) is 8.04. The molecule has 0 saturated carbocycles. The number of likely N-dealkylation sites (N-methyl/N-ethyl adjacent to an activating group) is 2. The first-order chi connectivity index (χ1) is 9.43. The van der Waals surface area contributed by atoms with E-state index in [9.17, 15) is 4.79 Å². The lowest BCUT2D eigenvalue weighted by Crippen LogP contribution is -2.35. The van der Waals surface area contributed by atoms with Crippen LogP contribution < -0.4 is 15.5 Å². The summed E-state index contributed by atoms with van der Waals surface area (Å²) in [5.41, 5.74) is 2.24. The Labute approximate surface area is 130 Å². The molecular formula is C15H24BrN3O. The van der Waals surface area contributed by atoms with E-state index in [-0.39, 0.29) is 5.91 Å². The second kappa shape index (κ2) is 8.27. The van der Waals surface area contributed by atoms with Gasteiger partial charge in [0.1, 0.15) is 0 Å². The first-order valence-corrected chi connectivity index (χ1v) is 7.73. The maximum Gasteiger partial charge on any atom is 0.239 e. The SMILES string of the molecule is CCNC(=O)CN(C)c1ccc(CNC(C)C)cc1Br. The Morgan fingerprint density at radius 2 is 2.10 bits per heavy atom. The van der Waals surface area contributed by atoms with E-state index in [1.165, 1.54) is 5.56 Å². The highest BCUT2D eigenvalue weighted by atomic mass is 79.9.